The number of para-hydroxylation sites is 1. The summed E-state index contributed by atoms with van der Waals surface area (Å²) in [6.45, 7) is 5.28. The van der Waals surface area contributed by atoms with Crippen LogP contribution in [0.3, 0.4) is 0 Å². The molecule has 0 radical (unpaired) electrons. The zero-order valence-corrected chi connectivity index (χ0v) is 23.9. The van der Waals surface area contributed by atoms with E-state index in [-0.39, 0.29) is 4.91 Å². The molecule has 0 saturated heterocycles. The average molecular weight is 608 g/mol. The van der Waals surface area contributed by atoms with Gasteiger partial charge < -0.3 is 14.2 Å². The van der Waals surface area contributed by atoms with E-state index in [1.165, 1.54) is 0 Å². The molecule has 0 amide bonds. The Morgan fingerprint density at radius 3 is 2.42 bits per heavy atom. The number of hydrogen-bond donors (Lipinski definition) is 1. The molecular weight excluding hydrogens is 584 g/mol. The van der Waals surface area contributed by atoms with Crippen molar-refractivity contribution < 1.29 is 9.90 Å². The number of carboxylic acids is 1. The van der Waals surface area contributed by atoms with E-state index in [4.69, 9.17) is 11.6 Å². The van der Waals surface area contributed by atoms with Gasteiger partial charge >= 0.3 is 5.97 Å². The van der Waals surface area contributed by atoms with E-state index in [1.807, 2.05) is 60.9 Å². The summed E-state index contributed by atoms with van der Waals surface area (Å²) in [5.74, 6) is -0.350. The van der Waals surface area contributed by atoms with Crippen molar-refractivity contribution in [3.63, 3.8) is 0 Å². The minimum Gasteiger partial charge on any atom is -0.477 e. The number of rotatable bonds is 8. The van der Waals surface area contributed by atoms with Crippen LogP contribution in [0.2, 0.25) is 5.02 Å². The molecule has 2 aromatic heterocycles. The molecule has 3 aromatic carbocycles. The molecule has 38 heavy (non-hydrogen) atoms. The van der Waals surface area contributed by atoms with Crippen LogP contribution in [-0.2, 0) is 17.9 Å². The Morgan fingerprint density at radius 2 is 1.74 bits per heavy atom. The molecule has 0 aliphatic heterocycles. The van der Waals surface area contributed by atoms with Gasteiger partial charge in [0.1, 0.15) is 4.91 Å². The molecule has 0 atom stereocenters. The Hall–Kier alpha value is -3.33. The Labute approximate surface area is 238 Å². The van der Waals surface area contributed by atoms with E-state index in [9.17, 15) is 9.90 Å². The highest BCUT2D eigenvalue weighted by Gasteiger charge is 2.20. The van der Waals surface area contributed by atoms with Crippen molar-refractivity contribution in [3.05, 3.63) is 104 Å². The van der Waals surface area contributed by atoms with Gasteiger partial charge in [0.2, 0.25) is 0 Å². The highest BCUT2D eigenvalue weighted by atomic mass is 79.9. The molecule has 5 aromatic rings. The lowest BCUT2D eigenvalue weighted by atomic mass is 10.1. The molecule has 0 aliphatic carbocycles. The molecule has 0 spiro atoms. The third-order valence-corrected chi connectivity index (χ3v) is 8.13. The molecule has 0 unspecified atom stereocenters. The van der Waals surface area contributed by atoms with Gasteiger partial charge in [-0.3, -0.25) is 0 Å². The minimum atomic E-state index is -1.02. The summed E-state index contributed by atoms with van der Waals surface area (Å²) >= 11 is 10.6. The van der Waals surface area contributed by atoms with Crippen molar-refractivity contribution in [1.29, 1.82) is 0 Å². The van der Waals surface area contributed by atoms with Gasteiger partial charge in [0.05, 0.1) is 0 Å². The first-order valence-corrected chi connectivity index (χ1v) is 14.0. The lowest BCUT2D eigenvalue weighted by Crippen LogP contribution is -2.03. The zero-order chi connectivity index (χ0) is 26.8. The molecule has 1 N–H and O–H groups in total. The maximum Gasteiger partial charge on any atom is 0.342 e. The van der Waals surface area contributed by atoms with Crippen molar-refractivity contribution in [2.75, 3.05) is 0 Å². The fraction of sp³-hybridized carbons (Fsp3) is 0.138. The second kappa shape index (κ2) is 11.2. The third-order valence-electron chi connectivity index (χ3n) is 6.36. The largest absolute Gasteiger partial charge is 0.477 e. The van der Waals surface area contributed by atoms with E-state index >= 15 is 0 Å². The maximum atomic E-state index is 12.4. The summed E-state index contributed by atoms with van der Waals surface area (Å²) in [7, 11) is 0. The third kappa shape index (κ3) is 5.29. The Bertz CT molecular complexity index is 1660. The topological polar surface area (TPSA) is 72.9 Å². The lowest BCUT2D eigenvalue weighted by Gasteiger charge is -2.09. The molecular formula is C29H24BrClN4O2S. The number of carbonyl (C=O) groups is 1. The van der Waals surface area contributed by atoms with Crippen LogP contribution in [0.15, 0.2) is 87.3 Å². The fourth-order valence-corrected chi connectivity index (χ4v) is 5.70. The van der Waals surface area contributed by atoms with E-state index in [1.54, 1.807) is 18.2 Å². The van der Waals surface area contributed by atoms with E-state index in [0.717, 1.165) is 49.5 Å². The van der Waals surface area contributed by atoms with Gasteiger partial charge in [-0.25, -0.2) is 4.79 Å². The van der Waals surface area contributed by atoms with Crippen molar-refractivity contribution in [1.82, 2.24) is 19.3 Å². The summed E-state index contributed by atoms with van der Waals surface area (Å²) in [5, 5.41) is 21.0. The highest BCUT2D eigenvalue weighted by molar-refractivity contribution is 9.10. The van der Waals surface area contributed by atoms with Gasteiger partial charge in [0, 0.05) is 50.3 Å². The quantitative estimate of drug-likeness (QED) is 0.143. The lowest BCUT2D eigenvalue weighted by molar-refractivity contribution is -0.131. The Balaban J connectivity index is 1.55. The average Bonchev–Trinajstić information content (AvgIpc) is 3.44. The molecule has 5 rings (SSSR count). The SMILES string of the molecule is CCn1c(S/C(=C\c2c(C)n(Cc3ccc(Br)cc3)c3ccccc23)C(=O)O)nnc1-c1ccc(Cl)cc1. The first-order valence-electron chi connectivity index (χ1n) is 12.0. The van der Waals surface area contributed by atoms with Crippen molar-refractivity contribution in [2.45, 2.75) is 32.1 Å². The minimum absolute atomic E-state index is 0.171. The van der Waals surface area contributed by atoms with Gasteiger partial charge in [-0.1, -0.05) is 57.9 Å². The number of benzene rings is 3. The van der Waals surface area contributed by atoms with Crippen LogP contribution in [0.4, 0.5) is 0 Å². The second-order valence-electron chi connectivity index (χ2n) is 8.70. The molecule has 0 bridgehead atoms. The molecule has 192 valence electrons. The van der Waals surface area contributed by atoms with Gasteiger partial charge in [0.25, 0.3) is 0 Å². The number of fused-ring (bicyclic) bond motifs is 1. The number of hydrogen-bond acceptors (Lipinski definition) is 4. The molecule has 0 fully saturated rings. The maximum absolute atomic E-state index is 12.4. The first kappa shape index (κ1) is 26.3. The van der Waals surface area contributed by atoms with E-state index in [2.05, 4.69) is 48.9 Å². The van der Waals surface area contributed by atoms with Crippen LogP contribution in [0.25, 0.3) is 28.4 Å². The van der Waals surface area contributed by atoms with Crippen LogP contribution in [-0.4, -0.2) is 30.4 Å². The number of aromatic nitrogens is 4. The van der Waals surface area contributed by atoms with Gasteiger partial charge in [0.15, 0.2) is 11.0 Å². The zero-order valence-electron chi connectivity index (χ0n) is 20.7. The van der Waals surface area contributed by atoms with Crippen LogP contribution in [0.5, 0.6) is 0 Å². The molecule has 6 nitrogen and oxygen atoms in total. The van der Waals surface area contributed by atoms with Gasteiger partial charge in [-0.05, 0) is 79.7 Å². The number of aliphatic carboxylic acids is 1. The monoisotopic (exact) mass is 606 g/mol. The number of halogens is 2. The van der Waals surface area contributed by atoms with Crippen LogP contribution in [0.1, 0.15) is 23.7 Å². The second-order valence-corrected chi connectivity index (χ2v) is 11.1. The van der Waals surface area contributed by atoms with Gasteiger partial charge in [-0.2, -0.15) is 0 Å². The van der Waals surface area contributed by atoms with Crippen LogP contribution in [0, 0.1) is 6.92 Å². The van der Waals surface area contributed by atoms with Gasteiger partial charge in [-0.15, -0.1) is 10.2 Å². The summed E-state index contributed by atoms with van der Waals surface area (Å²) in [5.41, 5.74) is 4.94. The number of thioether (sulfide) groups is 1. The number of nitrogens with zero attached hydrogens (tertiary/aromatic N) is 4. The van der Waals surface area contributed by atoms with Crippen molar-refractivity contribution in [3.8, 4) is 11.4 Å². The predicted molar refractivity (Wildman–Crippen MR) is 158 cm³/mol. The van der Waals surface area contributed by atoms with Crippen molar-refractivity contribution >= 4 is 62.2 Å². The molecule has 0 saturated carbocycles. The van der Waals surface area contributed by atoms with E-state index < -0.39 is 5.97 Å². The Morgan fingerprint density at radius 1 is 1.03 bits per heavy atom. The molecule has 0 aliphatic rings. The van der Waals surface area contributed by atoms with Crippen LogP contribution < -0.4 is 0 Å². The highest BCUT2D eigenvalue weighted by Crippen LogP contribution is 2.34. The summed E-state index contributed by atoms with van der Waals surface area (Å²) in [6, 6.07) is 23.7. The first-order chi connectivity index (χ1) is 18.4. The predicted octanol–water partition coefficient (Wildman–Crippen LogP) is 7.91. The van der Waals surface area contributed by atoms with Crippen molar-refractivity contribution in [2.24, 2.45) is 0 Å². The number of carboxylic acid groups (broad SMARTS) is 1. The standard InChI is InChI=1S/C29H24BrClN4O2S/c1-3-34-27(20-10-14-22(31)15-11-20)32-33-29(34)38-26(28(36)37)16-24-18(2)35(25-7-5-4-6-23(24)25)17-19-8-12-21(30)13-9-19/h4-16H,3,17H2,1-2H3,(H,36,37)/b26-16-. The van der Waals surface area contributed by atoms with Crippen LogP contribution >= 0.6 is 39.3 Å². The fourth-order valence-electron chi connectivity index (χ4n) is 4.44. The summed E-state index contributed by atoms with van der Waals surface area (Å²) in [4.78, 5) is 12.6. The molecule has 2 heterocycles. The Kier molecular flexibility index (Phi) is 7.74. The summed E-state index contributed by atoms with van der Waals surface area (Å²) < 4.78 is 5.16. The normalized spacial score (nSPS) is 11.8. The van der Waals surface area contributed by atoms with E-state index in [0.29, 0.717) is 29.1 Å². The smallest absolute Gasteiger partial charge is 0.342 e. The summed E-state index contributed by atoms with van der Waals surface area (Å²) in [6.07, 6.45) is 1.75. The molecule has 9 heteroatoms.